The van der Waals surface area contributed by atoms with Gasteiger partial charge >= 0.3 is 5.69 Å². The van der Waals surface area contributed by atoms with Gasteiger partial charge in [-0.3, -0.25) is 15.1 Å². The zero-order chi connectivity index (χ0) is 14.4. The quantitative estimate of drug-likeness (QED) is 0.596. The van der Waals surface area contributed by atoms with Gasteiger partial charge in [0.05, 0.1) is 17.0 Å². The Hall–Kier alpha value is -2.29. The molecule has 20 heavy (non-hydrogen) atoms. The van der Waals surface area contributed by atoms with Crippen molar-refractivity contribution < 1.29 is 4.92 Å². The molecule has 2 aromatic rings. The van der Waals surface area contributed by atoms with Crippen molar-refractivity contribution in [3.63, 3.8) is 0 Å². The first-order valence-electron chi connectivity index (χ1n) is 6.07. The van der Waals surface area contributed by atoms with Crippen molar-refractivity contribution in [2.75, 3.05) is 17.2 Å². The maximum atomic E-state index is 11.0. The summed E-state index contributed by atoms with van der Waals surface area (Å²) in [6, 6.07) is 0. The fraction of sp³-hybridized carbons (Fsp3) is 0.364. The van der Waals surface area contributed by atoms with Gasteiger partial charge in [-0.1, -0.05) is 6.92 Å². The van der Waals surface area contributed by atoms with Crippen molar-refractivity contribution in [2.45, 2.75) is 19.9 Å². The lowest BCUT2D eigenvalue weighted by atomic mass is 10.4. The van der Waals surface area contributed by atoms with Crippen molar-refractivity contribution in [3.05, 3.63) is 32.9 Å². The van der Waals surface area contributed by atoms with Crippen LogP contribution in [-0.4, -0.2) is 26.4 Å². The van der Waals surface area contributed by atoms with Crippen LogP contribution in [0.5, 0.6) is 0 Å². The van der Waals surface area contributed by atoms with E-state index in [4.69, 9.17) is 0 Å². The Labute approximate surface area is 119 Å². The predicted octanol–water partition coefficient (Wildman–Crippen LogP) is 2.28. The first-order valence-corrected chi connectivity index (χ1v) is 6.95. The highest BCUT2D eigenvalue weighted by Gasteiger charge is 2.17. The molecule has 9 heteroatoms. The lowest BCUT2D eigenvalue weighted by Crippen LogP contribution is -2.09. The summed E-state index contributed by atoms with van der Waals surface area (Å²) in [6.45, 7) is 3.17. The maximum absolute atomic E-state index is 11.0. The van der Waals surface area contributed by atoms with Crippen LogP contribution in [0.15, 0.2) is 17.9 Å². The van der Waals surface area contributed by atoms with Crippen molar-refractivity contribution in [3.8, 4) is 0 Å². The van der Waals surface area contributed by atoms with Crippen LogP contribution in [0.25, 0.3) is 0 Å². The third-order valence-corrected chi connectivity index (χ3v) is 3.19. The molecule has 2 N–H and O–H groups in total. The highest BCUT2D eigenvalue weighted by Crippen LogP contribution is 2.23. The number of hydrogen-bond donors (Lipinski definition) is 2. The smallest absolute Gasteiger partial charge is 0.329 e. The number of rotatable bonds is 7. The van der Waals surface area contributed by atoms with Crippen LogP contribution >= 0.6 is 11.3 Å². The Morgan fingerprint density at radius 1 is 1.40 bits per heavy atom. The molecular formula is C11H14N6O2S. The number of nitrogens with zero attached hydrogens (tertiary/aromatic N) is 4. The predicted molar refractivity (Wildman–Crippen MR) is 76.9 cm³/mol. The molecule has 0 saturated carbocycles. The minimum Gasteiger partial charge on any atom is -0.359 e. The van der Waals surface area contributed by atoms with Crippen molar-refractivity contribution in [2.24, 2.45) is 0 Å². The summed E-state index contributed by atoms with van der Waals surface area (Å²) in [6.07, 6.45) is 3.84. The first kappa shape index (κ1) is 14.1. The van der Waals surface area contributed by atoms with Gasteiger partial charge in [-0.25, -0.2) is 4.98 Å². The standard InChI is InChI=1S/C11H14N6O2S/c1-2-3-13-11-15-6-9(17(18)19)10(16-11)14-5-8-4-12-7-20-8/h4,6-7H,2-3,5H2,1H3,(H2,13,14,15,16). The van der Waals surface area contributed by atoms with E-state index in [1.807, 2.05) is 6.92 Å². The minimum absolute atomic E-state index is 0.142. The highest BCUT2D eigenvalue weighted by atomic mass is 32.1. The number of hydrogen-bond acceptors (Lipinski definition) is 8. The number of anilines is 2. The summed E-state index contributed by atoms with van der Waals surface area (Å²) in [5, 5.41) is 16.9. The second-order valence-corrected chi connectivity index (χ2v) is 4.90. The zero-order valence-corrected chi connectivity index (χ0v) is 11.7. The van der Waals surface area contributed by atoms with Gasteiger partial charge in [-0.05, 0) is 6.42 Å². The maximum Gasteiger partial charge on any atom is 0.329 e. The third kappa shape index (κ3) is 3.60. The van der Waals surface area contributed by atoms with Crippen LogP contribution in [0.2, 0.25) is 0 Å². The van der Waals surface area contributed by atoms with Crippen LogP contribution in [0.4, 0.5) is 17.5 Å². The molecule has 0 aliphatic carbocycles. The van der Waals surface area contributed by atoms with E-state index in [1.54, 1.807) is 11.7 Å². The molecule has 0 amide bonds. The number of thiazole rings is 1. The average Bonchev–Trinajstić information content (AvgIpc) is 2.96. The monoisotopic (exact) mass is 294 g/mol. The Kier molecular flexibility index (Phi) is 4.77. The zero-order valence-electron chi connectivity index (χ0n) is 10.9. The summed E-state index contributed by atoms with van der Waals surface area (Å²) in [4.78, 5) is 23.5. The molecule has 0 spiro atoms. The largest absolute Gasteiger partial charge is 0.359 e. The molecule has 2 rings (SSSR count). The number of nitro groups is 1. The summed E-state index contributed by atoms with van der Waals surface area (Å²) in [5.41, 5.74) is 1.57. The van der Waals surface area contributed by atoms with Crippen LogP contribution in [0, 0.1) is 10.1 Å². The van der Waals surface area contributed by atoms with Crippen LogP contribution in [-0.2, 0) is 6.54 Å². The highest BCUT2D eigenvalue weighted by molar-refractivity contribution is 7.09. The van der Waals surface area contributed by atoms with Gasteiger partial charge in [0.25, 0.3) is 0 Å². The molecule has 0 bridgehead atoms. The second kappa shape index (κ2) is 6.75. The number of nitrogens with one attached hydrogen (secondary N) is 2. The Balaban J connectivity index is 2.15. The SMILES string of the molecule is CCCNc1ncc([N+](=O)[O-])c(NCc2cncs2)n1. The van der Waals surface area contributed by atoms with Gasteiger partial charge < -0.3 is 10.6 Å². The van der Waals surface area contributed by atoms with Crippen LogP contribution < -0.4 is 10.6 Å². The van der Waals surface area contributed by atoms with E-state index in [1.165, 1.54) is 17.5 Å². The molecule has 106 valence electrons. The van der Waals surface area contributed by atoms with E-state index < -0.39 is 4.92 Å². The molecular weight excluding hydrogens is 280 g/mol. The fourth-order valence-electron chi connectivity index (χ4n) is 1.46. The van der Waals surface area contributed by atoms with E-state index in [2.05, 4.69) is 25.6 Å². The molecule has 0 atom stereocenters. The Morgan fingerprint density at radius 3 is 2.90 bits per heavy atom. The summed E-state index contributed by atoms with van der Waals surface area (Å²) in [7, 11) is 0. The van der Waals surface area contributed by atoms with Crippen LogP contribution in [0.1, 0.15) is 18.2 Å². The molecule has 2 heterocycles. The van der Waals surface area contributed by atoms with Gasteiger partial charge in [0.15, 0.2) is 0 Å². The molecule has 0 aliphatic heterocycles. The summed E-state index contributed by atoms with van der Waals surface area (Å²) < 4.78 is 0. The average molecular weight is 294 g/mol. The lowest BCUT2D eigenvalue weighted by Gasteiger charge is -2.07. The molecule has 0 aromatic carbocycles. The molecule has 0 radical (unpaired) electrons. The topological polar surface area (TPSA) is 106 Å². The van der Waals surface area contributed by atoms with Gasteiger partial charge in [0.1, 0.15) is 6.20 Å². The molecule has 0 fully saturated rings. The Morgan fingerprint density at radius 2 is 2.25 bits per heavy atom. The van der Waals surface area contributed by atoms with Crippen molar-refractivity contribution >= 4 is 28.8 Å². The fourth-order valence-corrected chi connectivity index (χ4v) is 2.00. The van der Waals surface area contributed by atoms with Crippen molar-refractivity contribution in [1.82, 2.24) is 15.0 Å². The van der Waals surface area contributed by atoms with E-state index >= 15 is 0 Å². The van der Waals surface area contributed by atoms with E-state index in [9.17, 15) is 10.1 Å². The van der Waals surface area contributed by atoms with Gasteiger partial charge in [-0.15, -0.1) is 11.3 Å². The summed E-state index contributed by atoms with van der Waals surface area (Å²) in [5.74, 6) is 0.584. The molecule has 0 saturated heterocycles. The van der Waals surface area contributed by atoms with Crippen LogP contribution in [0.3, 0.4) is 0 Å². The molecule has 0 unspecified atom stereocenters. The third-order valence-electron chi connectivity index (χ3n) is 2.41. The minimum atomic E-state index is -0.501. The molecule has 8 nitrogen and oxygen atoms in total. The second-order valence-electron chi connectivity index (χ2n) is 3.93. The van der Waals surface area contributed by atoms with Crippen molar-refractivity contribution in [1.29, 1.82) is 0 Å². The van der Waals surface area contributed by atoms with Gasteiger partial charge in [-0.2, -0.15) is 4.98 Å². The molecule has 0 aliphatic rings. The van der Waals surface area contributed by atoms with E-state index in [0.717, 1.165) is 11.3 Å². The lowest BCUT2D eigenvalue weighted by molar-refractivity contribution is -0.384. The van der Waals surface area contributed by atoms with Gasteiger partial charge in [0, 0.05) is 17.6 Å². The molecule has 2 aromatic heterocycles. The summed E-state index contributed by atoms with van der Waals surface area (Å²) >= 11 is 1.47. The number of aromatic nitrogens is 3. The Bertz CT molecular complexity index is 574. The van der Waals surface area contributed by atoms with Gasteiger partial charge in [0.2, 0.25) is 11.8 Å². The van der Waals surface area contributed by atoms with E-state index in [0.29, 0.717) is 19.0 Å². The normalized spacial score (nSPS) is 10.2. The van der Waals surface area contributed by atoms with E-state index in [-0.39, 0.29) is 11.5 Å². The first-order chi connectivity index (χ1) is 9.70.